The van der Waals surface area contributed by atoms with Crippen molar-refractivity contribution < 1.29 is 34.2 Å². The first kappa shape index (κ1) is 38.7. The van der Waals surface area contributed by atoms with Crippen molar-refractivity contribution in [2.45, 2.75) is 32.1 Å². The summed E-state index contributed by atoms with van der Waals surface area (Å²) in [5, 5.41) is 28.3. The van der Waals surface area contributed by atoms with Gasteiger partial charge < -0.3 is 15.7 Å². The standard InChI is InChI=1S/2C18H17OP.C8H7.H2O.Re/c2*19-17-13-7-8-14-18(17)20(15-9-3-1-4-10-15)16-11-5-2-6-12-16;1-2-8-6-4-3-5-7-8;;/h2*1-7,9-13,19H,8,14H2;3-7H,2H2;1H2;/p+2. The number of hydrogen-bond donors (Lipinski definition) is 2. The fraction of sp³-hybridized carbons (Fsp3) is 0.114. The Kier molecular flexibility index (Phi) is 16.4. The van der Waals surface area contributed by atoms with Crippen LogP contribution in [0.4, 0.5) is 0 Å². The van der Waals surface area contributed by atoms with Crippen molar-refractivity contribution in [1.82, 2.24) is 0 Å². The van der Waals surface area contributed by atoms with Crippen molar-refractivity contribution in [3.8, 4) is 4.29 Å². The van der Waals surface area contributed by atoms with E-state index >= 15 is 0 Å². The molecule has 254 valence electrons. The molecule has 0 spiro atoms. The van der Waals surface area contributed by atoms with Crippen LogP contribution in [-0.2, 0) is 25.0 Å². The second kappa shape index (κ2) is 21.2. The zero-order valence-corrected chi connectivity index (χ0v) is 32.8. The van der Waals surface area contributed by atoms with Gasteiger partial charge in [0.1, 0.15) is 31.8 Å². The molecule has 0 unspecified atom stereocenters. The Morgan fingerprint density at radius 1 is 0.480 bits per heavy atom. The molecule has 5 aromatic rings. The van der Waals surface area contributed by atoms with E-state index < -0.39 is 15.8 Å². The molecular weight excluding hydrogens is 825 g/mol. The van der Waals surface area contributed by atoms with E-state index in [1.54, 1.807) is 18.5 Å². The average Bonchev–Trinajstić information content (AvgIpc) is 3.16. The Labute approximate surface area is 309 Å². The van der Waals surface area contributed by atoms with Crippen molar-refractivity contribution >= 4 is 37.1 Å². The van der Waals surface area contributed by atoms with Gasteiger partial charge in [0.2, 0.25) is 0 Å². The number of hydrogen-bond acceptors (Lipinski definition) is 2. The van der Waals surface area contributed by atoms with E-state index in [9.17, 15) is 10.2 Å². The van der Waals surface area contributed by atoms with E-state index in [0.717, 1.165) is 32.1 Å². The number of benzene rings is 5. The topological polar surface area (TPSA) is 72.0 Å². The van der Waals surface area contributed by atoms with Crippen LogP contribution in [0.5, 0.6) is 0 Å². The average molecular weight is 870 g/mol. The minimum absolute atomic E-state index is 0. The second-order valence-corrected chi connectivity index (χ2v) is 17.6. The SMILES string of the molecule is O.OC1=C([PH+](c2ccccc2)c2ccccc2)CCC=C1.OC1=C([PH+](c2ccccc2)c2ccccc2)CCC=C1.[Re]#[C]Cc1ccccc1. The molecule has 5 aromatic carbocycles. The number of allylic oxidation sites excluding steroid dienone is 6. The molecule has 0 radical (unpaired) electrons. The van der Waals surface area contributed by atoms with E-state index in [2.05, 4.69) is 126 Å². The quantitative estimate of drug-likeness (QED) is 0.161. The molecule has 50 heavy (non-hydrogen) atoms. The summed E-state index contributed by atoms with van der Waals surface area (Å²) < 4.78 is 3.14. The first-order chi connectivity index (χ1) is 24.2. The van der Waals surface area contributed by atoms with Gasteiger partial charge in [0.25, 0.3) is 0 Å². The number of aliphatic hydroxyl groups is 2. The van der Waals surface area contributed by atoms with E-state index in [4.69, 9.17) is 0 Å². The van der Waals surface area contributed by atoms with Crippen molar-refractivity contribution in [3.05, 3.63) is 204 Å². The Balaban J connectivity index is 0.000000179. The predicted molar refractivity (Wildman–Crippen MR) is 215 cm³/mol. The summed E-state index contributed by atoms with van der Waals surface area (Å²) in [5.74, 6) is 0.940. The molecule has 4 N–H and O–H groups in total. The molecule has 0 amide bonds. The number of rotatable bonds is 7. The first-order valence-corrected chi connectivity index (χ1v) is 21.0. The maximum absolute atomic E-state index is 10.3. The Hall–Kier alpha value is -4.08. The molecule has 0 saturated carbocycles. The molecule has 6 heteroatoms. The van der Waals surface area contributed by atoms with Crippen molar-refractivity contribution in [2.24, 2.45) is 0 Å². The number of aliphatic hydroxyl groups excluding tert-OH is 2. The van der Waals surface area contributed by atoms with E-state index in [1.165, 1.54) is 37.4 Å². The molecule has 7 rings (SSSR count). The van der Waals surface area contributed by atoms with Crippen molar-refractivity contribution in [1.29, 1.82) is 0 Å². The van der Waals surface area contributed by atoms with Gasteiger partial charge in [-0.2, -0.15) is 0 Å². The monoisotopic (exact) mass is 870 g/mol. The van der Waals surface area contributed by atoms with Gasteiger partial charge in [-0.05, 0) is 73.5 Å². The minimum atomic E-state index is -1.07. The molecule has 0 aliphatic heterocycles. The third-order valence-electron chi connectivity index (χ3n) is 8.26. The molecule has 0 aromatic heterocycles. The molecule has 0 fully saturated rings. The summed E-state index contributed by atoms with van der Waals surface area (Å²) in [6, 6.07) is 52.7. The molecule has 2 aliphatic carbocycles. The van der Waals surface area contributed by atoms with Gasteiger partial charge in [-0.15, -0.1) is 0 Å². The third kappa shape index (κ3) is 11.2. The summed E-state index contributed by atoms with van der Waals surface area (Å²) in [6.07, 6.45) is 12.8. The third-order valence-corrected chi connectivity index (χ3v) is 14.6. The van der Waals surface area contributed by atoms with Crippen LogP contribution in [0.15, 0.2) is 198 Å². The molecule has 2 aliphatic rings. The van der Waals surface area contributed by atoms with Crippen LogP contribution < -0.4 is 21.2 Å². The zero-order valence-electron chi connectivity index (χ0n) is 28.1. The molecule has 0 heterocycles. The molecule has 3 nitrogen and oxygen atoms in total. The van der Waals surface area contributed by atoms with Gasteiger partial charge in [-0.3, -0.25) is 0 Å². The Morgan fingerprint density at radius 2 is 0.780 bits per heavy atom. The fourth-order valence-electron chi connectivity index (χ4n) is 5.93. The van der Waals surface area contributed by atoms with Crippen LogP contribution in [0.1, 0.15) is 31.2 Å². The van der Waals surface area contributed by atoms with E-state index in [-0.39, 0.29) is 5.48 Å². The molecule has 0 bridgehead atoms. The van der Waals surface area contributed by atoms with Crippen LogP contribution in [-0.4, -0.2) is 15.7 Å². The summed E-state index contributed by atoms with van der Waals surface area (Å²) in [7, 11) is -2.14. The van der Waals surface area contributed by atoms with Crippen LogP contribution in [0, 0.1) is 4.29 Å². The Bertz CT molecular complexity index is 1710. The van der Waals surface area contributed by atoms with Crippen LogP contribution in [0.25, 0.3) is 0 Å². The van der Waals surface area contributed by atoms with Crippen LogP contribution in [0.2, 0.25) is 0 Å². The summed E-state index contributed by atoms with van der Waals surface area (Å²) >= 11 is 1.60. The summed E-state index contributed by atoms with van der Waals surface area (Å²) in [4.78, 5) is 0. The van der Waals surface area contributed by atoms with Crippen LogP contribution >= 0.6 is 15.8 Å². The molecule has 0 saturated heterocycles. The van der Waals surface area contributed by atoms with Gasteiger partial charge in [0, 0.05) is 12.8 Å². The van der Waals surface area contributed by atoms with E-state index in [0.29, 0.717) is 11.5 Å². The van der Waals surface area contributed by atoms with E-state index in [1.807, 2.05) is 54.6 Å². The van der Waals surface area contributed by atoms with Gasteiger partial charge in [-0.1, -0.05) is 84.9 Å². The molecule has 0 atom stereocenters. The second-order valence-electron chi connectivity index (χ2n) is 11.6. The van der Waals surface area contributed by atoms with Gasteiger partial charge in [0.05, 0.1) is 15.8 Å². The summed E-state index contributed by atoms with van der Waals surface area (Å²) in [6.45, 7) is 0. The fourth-order valence-corrected chi connectivity index (χ4v) is 12.1. The van der Waals surface area contributed by atoms with Crippen molar-refractivity contribution in [3.63, 3.8) is 0 Å². The zero-order chi connectivity index (χ0) is 34.1. The van der Waals surface area contributed by atoms with Crippen LogP contribution in [0.3, 0.4) is 0 Å². The summed E-state index contributed by atoms with van der Waals surface area (Å²) in [5.41, 5.74) is 1.35. The predicted octanol–water partition coefficient (Wildman–Crippen LogP) is 8.85. The maximum atomic E-state index is 10.3. The van der Waals surface area contributed by atoms with Gasteiger partial charge in [-0.25, -0.2) is 0 Å². The van der Waals surface area contributed by atoms with Crippen molar-refractivity contribution in [2.75, 3.05) is 0 Å². The molecular formula is C44H45O3P2Re+2. The van der Waals surface area contributed by atoms with Gasteiger partial charge >= 0.3 is 65.2 Å². The first-order valence-electron chi connectivity index (χ1n) is 16.7. The Morgan fingerprint density at radius 3 is 1.06 bits per heavy atom. The van der Waals surface area contributed by atoms with Gasteiger partial charge in [0.15, 0.2) is 11.5 Å². The normalized spacial score (nSPS) is 13.4.